The van der Waals surface area contributed by atoms with Crippen LogP contribution in [0.2, 0.25) is 18.6 Å². The van der Waals surface area contributed by atoms with Gasteiger partial charge in [-0.15, -0.1) is 0 Å². The van der Waals surface area contributed by atoms with E-state index in [9.17, 15) is 19.2 Å². The van der Waals surface area contributed by atoms with Crippen LogP contribution in [0.15, 0.2) is 42.0 Å². The molecule has 1 rings (SSSR count). The number of ether oxygens (including phenoxy) is 4. The van der Waals surface area contributed by atoms with Gasteiger partial charge >= 0.3 is 23.9 Å². The first kappa shape index (κ1) is 29.1. The summed E-state index contributed by atoms with van der Waals surface area (Å²) in [6, 6.07) is 9.57. The molecule has 0 aromatic heterocycles. The number of carbonyl (C=O) groups is 4. The molecular formula is C25H36O8Si. The van der Waals surface area contributed by atoms with Gasteiger partial charge in [0.1, 0.15) is 5.57 Å². The van der Waals surface area contributed by atoms with Crippen LogP contribution in [0.3, 0.4) is 0 Å². The maximum atomic E-state index is 13.0. The summed E-state index contributed by atoms with van der Waals surface area (Å²) in [6.07, 6.45) is 1.48. The fourth-order valence-electron chi connectivity index (χ4n) is 3.73. The van der Waals surface area contributed by atoms with Crippen LogP contribution in [0.4, 0.5) is 0 Å². The smallest absolute Gasteiger partial charge is 0.345 e. The maximum Gasteiger partial charge on any atom is 0.345 e. The van der Waals surface area contributed by atoms with Crippen LogP contribution in [-0.2, 0) is 38.1 Å². The van der Waals surface area contributed by atoms with Crippen molar-refractivity contribution in [2.24, 2.45) is 5.92 Å². The third-order valence-electron chi connectivity index (χ3n) is 5.49. The molecule has 1 atom stereocenters. The predicted octanol–water partition coefficient (Wildman–Crippen LogP) is 3.16. The third-order valence-corrected chi connectivity index (χ3v) is 9.74. The molecule has 0 saturated heterocycles. The van der Waals surface area contributed by atoms with Crippen molar-refractivity contribution in [1.82, 2.24) is 0 Å². The van der Waals surface area contributed by atoms with Crippen LogP contribution >= 0.6 is 0 Å². The van der Waals surface area contributed by atoms with Crippen LogP contribution in [0.5, 0.6) is 0 Å². The molecule has 1 aromatic carbocycles. The number of hydrogen-bond donors (Lipinski definition) is 0. The van der Waals surface area contributed by atoms with Gasteiger partial charge in [-0.2, -0.15) is 0 Å². The average molecular weight is 493 g/mol. The standard InChI is InChI=1S/C25H36O8Si/c1-7-30-22(26)19(23(27)31-8-2)16-17-20(34(5,6)18-14-12-11-13-15-18)21(24(28)32-9-3)25(29)33-10-4/h11-16,20-21H,7-10,17H2,1-6H3. The van der Waals surface area contributed by atoms with E-state index in [1.807, 2.05) is 43.4 Å². The number of allylic oxidation sites excluding steroid dienone is 1. The molecule has 9 heteroatoms. The van der Waals surface area contributed by atoms with Crippen LogP contribution < -0.4 is 5.19 Å². The van der Waals surface area contributed by atoms with E-state index in [0.717, 1.165) is 5.19 Å². The number of carbonyl (C=O) groups excluding carboxylic acids is 4. The zero-order valence-corrected chi connectivity index (χ0v) is 21.9. The van der Waals surface area contributed by atoms with E-state index in [1.54, 1.807) is 27.7 Å². The average Bonchev–Trinajstić information content (AvgIpc) is 2.79. The summed E-state index contributed by atoms with van der Waals surface area (Å²) in [4.78, 5) is 50.9. The Morgan fingerprint density at radius 1 is 0.765 bits per heavy atom. The molecule has 0 aliphatic rings. The lowest BCUT2D eigenvalue weighted by Gasteiger charge is -2.36. The van der Waals surface area contributed by atoms with Gasteiger partial charge in [-0.25, -0.2) is 9.59 Å². The Bertz CT molecular complexity index is 825. The zero-order valence-electron chi connectivity index (χ0n) is 20.9. The molecule has 0 fully saturated rings. The second kappa shape index (κ2) is 14.3. The summed E-state index contributed by atoms with van der Waals surface area (Å²) in [7, 11) is -2.58. The number of hydrogen-bond acceptors (Lipinski definition) is 8. The van der Waals surface area contributed by atoms with Crippen LogP contribution in [0, 0.1) is 5.92 Å². The van der Waals surface area contributed by atoms with E-state index in [2.05, 4.69) is 0 Å². The van der Waals surface area contributed by atoms with Crippen molar-refractivity contribution in [1.29, 1.82) is 0 Å². The summed E-state index contributed by atoms with van der Waals surface area (Å²) in [5.74, 6) is -4.23. The molecular weight excluding hydrogens is 456 g/mol. The van der Waals surface area contributed by atoms with E-state index >= 15 is 0 Å². The van der Waals surface area contributed by atoms with Crippen LogP contribution in [0.25, 0.3) is 0 Å². The maximum absolute atomic E-state index is 13.0. The highest BCUT2D eigenvalue weighted by Crippen LogP contribution is 2.36. The summed E-state index contributed by atoms with van der Waals surface area (Å²) in [5.41, 5.74) is -0.843. The van der Waals surface area contributed by atoms with Gasteiger partial charge in [0.15, 0.2) is 5.92 Å². The predicted molar refractivity (Wildman–Crippen MR) is 130 cm³/mol. The molecule has 34 heavy (non-hydrogen) atoms. The van der Waals surface area contributed by atoms with E-state index in [0.29, 0.717) is 0 Å². The van der Waals surface area contributed by atoms with E-state index < -0.39 is 43.4 Å². The second-order valence-corrected chi connectivity index (χ2v) is 12.7. The molecule has 8 nitrogen and oxygen atoms in total. The molecule has 0 aliphatic heterocycles. The largest absolute Gasteiger partial charge is 0.465 e. The normalized spacial score (nSPS) is 11.9. The topological polar surface area (TPSA) is 105 Å². The van der Waals surface area contributed by atoms with Crippen molar-refractivity contribution >= 4 is 37.1 Å². The van der Waals surface area contributed by atoms with Crippen molar-refractivity contribution in [2.75, 3.05) is 26.4 Å². The number of benzene rings is 1. The van der Waals surface area contributed by atoms with E-state index in [4.69, 9.17) is 18.9 Å². The Hall–Kier alpha value is -2.94. The van der Waals surface area contributed by atoms with Crippen molar-refractivity contribution in [3.8, 4) is 0 Å². The first-order valence-corrected chi connectivity index (χ1v) is 14.7. The third kappa shape index (κ3) is 7.83. The van der Waals surface area contributed by atoms with Gasteiger partial charge in [-0.1, -0.05) is 54.7 Å². The molecule has 1 aromatic rings. The Morgan fingerprint density at radius 3 is 1.62 bits per heavy atom. The first-order valence-electron chi connectivity index (χ1n) is 11.6. The summed E-state index contributed by atoms with van der Waals surface area (Å²) in [6.45, 7) is 11.0. The van der Waals surface area contributed by atoms with Crippen molar-refractivity contribution in [3.05, 3.63) is 42.0 Å². The van der Waals surface area contributed by atoms with E-state index in [-0.39, 0.29) is 38.4 Å². The molecule has 0 radical (unpaired) electrons. The van der Waals surface area contributed by atoms with Crippen LogP contribution in [-0.4, -0.2) is 58.4 Å². The Kier molecular flexibility index (Phi) is 12.3. The number of esters is 4. The highest BCUT2D eigenvalue weighted by Gasteiger charge is 2.46. The highest BCUT2D eigenvalue weighted by atomic mass is 28.3. The molecule has 0 spiro atoms. The number of rotatable bonds is 13. The quantitative estimate of drug-likeness (QED) is 0.103. The molecule has 0 bridgehead atoms. The fraction of sp³-hybridized carbons (Fsp3) is 0.520. The highest BCUT2D eigenvalue weighted by molar-refractivity contribution is 6.91. The van der Waals surface area contributed by atoms with Gasteiger partial charge in [0.2, 0.25) is 0 Å². The van der Waals surface area contributed by atoms with Gasteiger partial charge in [0.25, 0.3) is 0 Å². The lowest BCUT2D eigenvalue weighted by Crippen LogP contribution is -2.51. The molecule has 0 saturated carbocycles. The van der Waals surface area contributed by atoms with Gasteiger partial charge in [0, 0.05) is 0 Å². The van der Waals surface area contributed by atoms with Gasteiger partial charge in [-0.05, 0) is 39.7 Å². The Balaban J connectivity index is 3.63. The van der Waals surface area contributed by atoms with Crippen molar-refractivity contribution in [3.63, 3.8) is 0 Å². The Labute approximate surface area is 202 Å². The van der Waals surface area contributed by atoms with Crippen molar-refractivity contribution < 1.29 is 38.1 Å². The second-order valence-electron chi connectivity index (χ2n) is 7.97. The summed E-state index contributed by atoms with van der Waals surface area (Å²) >= 11 is 0. The lowest BCUT2D eigenvalue weighted by atomic mass is 10.0. The molecule has 1 unspecified atom stereocenters. The van der Waals surface area contributed by atoms with Gasteiger partial charge < -0.3 is 18.9 Å². The monoisotopic (exact) mass is 492 g/mol. The lowest BCUT2D eigenvalue weighted by molar-refractivity contribution is -0.162. The molecule has 0 aliphatic carbocycles. The summed E-state index contributed by atoms with van der Waals surface area (Å²) < 4.78 is 20.5. The molecule has 188 valence electrons. The fourth-order valence-corrected chi connectivity index (χ4v) is 7.02. The Morgan fingerprint density at radius 2 is 1.21 bits per heavy atom. The molecule has 0 heterocycles. The summed E-state index contributed by atoms with van der Waals surface area (Å²) in [5, 5.41) is 1.00. The minimum Gasteiger partial charge on any atom is -0.465 e. The van der Waals surface area contributed by atoms with Gasteiger partial charge in [-0.3, -0.25) is 9.59 Å². The molecule has 0 N–H and O–H groups in total. The molecule has 0 amide bonds. The van der Waals surface area contributed by atoms with Gasteiger partial charge in [0.05, 0.1) is 34.5 Å². The zero-order chi connectivity index (χ0) is 25.7. The van der Waals surface area contributed by atoms with Crippen LogP contribution in [0.1, 0.15) is 34.1 Å². The minimum absolute atomic E-state index is 0.0728. The van der Waals surface area contributed by atoms with Crippen molar-refractivity contribution in [2.45, 2.75) is 52.8 Å². The SMILES string of the molecule is CCOC(=O)C(=CCC(C(C(=O)OCC)C(=O)OCC)[Si](C)(C)c1ccccc1)C(=O)OCC. The van der Waals surface area contributed by atoms with E-state index in [1.165, 1.54) is 6.08 Å². The minimum atomic E-state index is -2.58. The first-order chi connectivity index (χ1) is 16.1.